The fraction of sp³-hybridized carbons (Fsp3) is 0.565. The summed E-state index contributed by atoms with van der Waals surface area (Å²) in [7, 11) is 0. The number of rotatable bonds is 3. The first kappa shape index (κ1) is 19.3. The molecule has 1 aliphatic carbocycles. The van der Waals surface area contributed by atoms with E-state index in [1.54, 1.807) is 6.92 Å². The van der Waals surface area contributed by atoms with E-state index >= 15 is 0 Å². The first-order valence-corrected chi connectivity index (χ1v) is 11.0. The average molecular weight is 409 g/mol. The van der Waals surface area contributed by atoms with Crippen LogP contribution in [0.1, 0.15) is 72.8 Å². The number of likely N-dealkylation sites (tertiary alicyclic amines) is 2. The molecule has 0 N–H and O–H groups in total. The van der Waals surface area contributed by atoms with Gasteiger partial charge in [0.15, 0.2) is 6.39 Å². The molecular formula is C23H28N4O3. The van der Waals surface area contributed by atoms with Gasteiger partial charge in [-0.2, -0.15) is 0 Å². The number of β-lactam (4-membered cyclic amide) rings is 1. The number of aromatic nitrogens is 2. The van der Waals surface area contributed by atoms with E-state index in [1.807, 2.05) is 17.3 Å². The second-order valence-electron chi connectivity index (χ2n) is 8.90. The van der Waals surface area contributed by atoms with Gasteiger partial charge in [-0.3, -0.25) is 14.6 Å². The van der Waals surface area contributed by atoms with Gasteiger partial charge in [0.1, 0.15) is 0 Å². The summed E-state index contributed by atoms with van der Waals surface area (Å²) in [6, 6.07) is 4.43. The lowest BCUT2D eigenvalue weighted by molar-refractivity contribution is -0.186. The minimum absolute atomic E-state index is 0.104. The third-order valence-corrected chi connectivity index (χ3v) is 7.31. The van der Waals surface area contributed by atoms with Crippen LogP contribution >= 0.6 is 0 Å². The van der Waals surface area contributed by atoms with Crippen molar-refractivity contribution in [1.82, 2.24) is 19.8 Å². The number of oxazole rings is 1. The molecule has 7 heteroatoms. The van der Waals surface area contributed by atoms with E-state index in [0.717, 1.165) is 38.5 Å². The third kappa shape index (κ3) is 2.94. The van der Waals surface area contributed by atoms with Crippen LogP contribution in [0.4, 0.5) is 0 Å². The largest absolute Gasteiger partial charge is 0.438 e. The van der Waals surface area contributed by atoms with Crippen LogP contribution in [0.3, 0.4) is 0 Å². The molecule has 158 valence electrons. The van der Waals surface area contributed by atoms with Crippen molar-refractivity contribution in [3.8, 4) is 0 Å². The molecule has 2 amide bonds. The van der Waals surface area contributed by atoms with Crippen LogP contribution in [0.15, 0.2) is 35.3 Å². The van der Waals surface area contributed by atoms with Crippen molar-refractivity contribution in [3.05, 3.63) is 47.9 Å². The number of pyridine rings is 1. The van der Waals surface area contributed by atoms with Gasteiger partial charge in [-0.25, -0.2) is 4.98 Å². The van der Waals surface area contributed by atoms with Gasteiger partial charge < -0.3 is 14.2 Å². The van der Waals surface area contributed by atoms with Crippen LogP contribution in [0.25, 0.3) is 0 Å². The Balaban J connectivity index is 1.33. The van der Waals surface area contributed by atoms with Crippen molar-refractivity contribution in [2.45, 2.75) is 64.0 Å². The zero-order valence-electron chi connectivity index (χ0n) is 17.4. The Bertz CT molecular complexity index is 927. The van der Waals surface area contributed by atoms with Crippen molar-refractivity contribution in [3.63, 3.8) is 0 Å². The lowest BCUT2D eigenvalue weighted by Gasteiger charge is -2.61. The van der Waals surface area contributed by atoms with Gasteiger partial charge >= 0.3 is 0 Å². The third-order valence-electron chi connectivity index (χ3n) is 7.31. The first-order chi connectivity index (χ1) is 14.6. The summed E-state index contributed by atoms with van der Waals surface area (Å²) in [6.45, 7) is 3.04. The number of carbonyl (C=O) groups excluding carboxylic acids is 2. The fourth-order valence-electron chi connectivity index (χ4n) is 5.76. The quantitative estimate of drug-likeness (QED) is 0.726. The SMILES string of the molecule is Cc1ncoc1C(=O)N1CCC(N2C(=O)C3(CCCCC3)C2c2ccncc2)CC1. The summed E-state index contributed by atoms with van der Waals surface area (Å²) in [6.07, 6.45) is 12.0. The molecule has 2 aromatic rings. The summed E-state index contributed by atoms with van der Waals surface area (Å²) in [4.78, 5) is 38.4. The summed E-state index contributed by atoms with van der Waals surface area (Å²) in [5.41, 5.74) is 1.59. The highest BCUT2D eigenvalue weighted by Crippen LogP contribution is 2.59. The standard InChI is InChI=1S/C23H28N4O3/c1-16-19(30-15-25-16)21(28)26-13-7-18(8-14-26)27-20(17-5-11-24-12-6-17)23(22(27)29)9-3-2-4-10-23/h5-6,11-12,15,18,20H,2-4,7-10,13-14H2,1H3. The van der Waals surface area contributed by atoms with Gasteiger partial charge in [0.05, 0.1) is 17.2 Å². The summed E-state index contributed by atoms with van der Waals surface area (Å²) >= 11 is 0. The molecule has 0 radical (unpaired) electrons. The lowest BCUT2D eigenvalue weighted by Crippen LogP contribution is -2.67. The fourth-order valence-corrected chi connectivity index (χ4v) is 5.76. The van der Waals surface area contributed by atoms with E-state index in [1.165, 1.54) is 18.4 Å². The molecule has 1 atom stereocenters. The molecular weight excluding hydrogens is 380 g/mol. The average Bonchev–Trinajstić information content (AvgIpc) is 3.23. The second-order valence-corrected chi connectivity index (χ2v) is 8.90. The van der Waals surface area contributed by atoms with Crippen LogP contribution < -0.4 is 0 Å². The van der Waals surface area contributed by atoms with Crippen molar-refractivity contribution in [1.29, 1.82) is 0 Å². The summed E-state index contributed by atoms with van der Waals surface area (Å²) < 4.78 is 5.28. The topological polar surface area (TPSA) is 79.5 Å². The van der Waals surface area contributed by atoms with E-state index in [4.69, 9.17) is 4.42 Å². The van der Waals surface area contributed by atoms with Crippen LogP contribution in [0.2, 0.25) is 0 Å². The lowest BCUT2D eigenvalue weighted by atomic mass is 9.59. The molecule has 1 saturated carbocycles. The Labute approximate surface area is 176 Å². The van der Waals surface area contributed by atoms with Gasteiger partial charge in [-0.1, -0.05) is 19.3 Å². The Kier molecular flexibility index (Phi) is 4.83. The minimum Gasteiger partial charge on any atom is -0.438 e. The maximum Gasteiger partial charge on any atom is 0.291 e. The van der Waals surface area contributed by atoms with Crippen molar-refractivity contribution in [2.24, 2.45) is 5.41 Å². The molecule has 3 fully saturated rings. The van der Waals surface area contributed by atoms with Crippen LogP contribution in [-0.4, -0.2) is 50.7 Å². The normalized spacial score (nSPS) is 24.2. The molecule has 2 aliphatic heterocycles. The monoisotopic (exact) mass is 408 g/mol. The highest BCUT2D eigenvalue weighted by atomic mass is 16.3. The van der Waals surface area contributed by atoms with E-state index in [-0.39, 0.29) is 23.4 Å². The molecule has 3 aliphatic rings. The number of aryl methyl sites for hydroxylation is 1. The number of hydrogen-bond acceptors (Lipinski definition) is 5. The molecule has 2 aromatic heterocycles. The van der Waals surface area contributed by atoms with Gasteiger partial charge in [0.2, 0.25) is 11.7 Å². The zero-order valence-corrected chi connectivity index (χ0v) is 17.4. The van der Waals surface area contributed by atoms with E-state index in [0.29, 0.717) is 30.5 Å². The van der Waals surface area contributed by atoms with Crippen LogP contribution in [0, 0.1) is 12.3 Å². The Hall–Kier alpha value is -2.70. The zero-order chi connectivity index (χ0) is 20.7. The minimum atomic E-state index is -0.233. The van der Waals surface area contributed by atoms with Gasteiger partial charge in [0.25, 0.3) is 5.91 Å². The van der Waals surface area contributed by atoms with Gasteiger partial charge in [-0.05, 0) is 50.3 Å². The maximum absolute atomic E-state index is 13.5. The smallest absolute Gasteiger partial charge is 0.291 e. The van der Waals surface area contributed by atoms with E-state index < -0.39 is 0 Å². The van der Waals surface area contributed by atoms with E-state index in [2.05, 4.69) is 27.0 Å². The van der Waals surface area contributed by atoms with Crippen LogP contribution in [0.5, 0.6) is 0 Å². The number of nitrogens with zero attached hydrogens (tertiary/aromatic N) is 4. The number of hydrogen-bond donors (Lipinski definition) is 0. The Morgan fingerprint density at radius 2 is 1.83 bits per heavy atom. The van der Waals surface area contributed by atoms with Crippen molar-refractivity contribution in [2.75, 3.05) is 13.1 Å². The predicted molar refractivity (Wildman–Crippen MR) is 110 cm³/mol. The Morgan fingerprint density at radius 1 is 1.13 bits per heavy atom. The molecule has 2 saturated heterocycles. The first-order valence-electron chi connectivity index (χ1n) is 11.0. The second kappa shape index (κ2) is 7.52. The molecule has 1 spiro atoms. The number of amides is 2. The van der Waals surface area contributed by atoms with Gasteiger partial charge in [-0.15, -0.1) is 0 Å². The van der Waals surface area contributed by atoms with Gasteiger partial charge in [0, 0.05) is 31.5 Å². The van der Waals surface area contributed by atoms with Crippen molar-refractivity contribution >= 4 is 11.8 Å². The molecule has 1 unspecified atom stereocenters. The highest BCUT2D eigenvalue weighted by molar-refractivity contribution is 5.93. The number of piperidine rings is 1. The highest BCUT2D eigenvalue weighted by Gasteiger charge is 2.62. The number of carbonyl (C=O) groups is 2. The maximum atomic E-state index is 13.5. The molecule has 0 aromatic carbocycles. The predicted octanol–water partition coefficient (Wildman–Crippen LogP) is 3.52. The Morgan fingerprint density at radius 3 is 2.47 bits per heavy atom. The molecule has 30 heavy (non-hydrogen) atoms. The summed E-state index contributed by atoms with van der Waals surface area (Å²) in [5, 5.41) is 0. The van der Waals surface area contributed by atoms with E-state index in [9.17, 15) is 9.59 Å². The van der Waals surface area contributed by atoms with Crippen LogP contribution in [-0.2, 0) is 4.79 Å². The molecule has 7 nitrogen and oxygen atoms in total. The van der Waals surface area contributed by atoms with Crippen molar-refractivity contribution < 1.29 is 14.0 Å². The molecule has 5 rings (SSSR count). The summed E-state index contributed by atoms with van der Waals surface area (Å²) in [5.74, 6) is 0.539. The molecule has 0 bridgehead atoms. The molecule has 4 heterocycles.